The zero-order valence-electron chi connectivity index (χ0n) is 18.5. The van der Waals surface area contributed by atoms with Crippen LogP contribution < -0.4 is 0 Å². The Hall–Kier alpha value is -2.89. The molecule has 0 bridgehead atoms. The summed E-state index contributed by atoms with van der Waals surface area (Å²) in [6.45, 7) is 11.2. The average molecular weight is 407 g/mol. The van der Waals surface area contributed by atoms with E-state index >= 15 is 0 Å². The van der Waals surface area contributed by atoms with E-state index in [0.717, 1.165) is 47.5 Å². The molecule has 1 amide bonds. The first-order valence-corrected chi connectivity index (χ1v) is 10.6. The number of nitrogens with zero attached hydrogens (tertiary/aromatic N) is 4. The van der Waals surface area contributed by atoms with E-state index in [1.165, 1.54) is 5.56 Å². The van der Waals surface area contributed by atoms with Crippen LogP contribution in [0.3, 0.4) is 0 Å². The highest BCUT2D eigenvalue weighted by molar-refractivity contribution is 5.71. The van der Waals surface area contributed by atoms with Crippen molar-refractivity contribution in [1.82, 2.24) is 19.5 Å². The van der Waals surface area contributed by atoms with E-state index in [9.17, 15) is 4.79 Å². The number of aromatic nitrogens is 3. The molecule has 6 heteroatoms. The standard InChI is InChI=1S/C24H30N4O2/c1-16-8-6-9-18(14-16)21-17(2)22-25-12-11-20(28(22)26-21)19-10-7-13-27(15-19)23(29)30-24(3,4)5/h6,8-9,11-12,14,19H,7,10,13,15H2,1-5H3. The second kappa shape index (κ2) is 7.74. The maximum Gasteiger partial charge on any atom is 0.410 e. The van der Waals surface area contributed by atoms with Gasteiger partial charge in [0.1, 0.15) is 5.60 Å². The van der Waals surface area contributed by atoms with Crippen molar-refractivity contribution in [2.24, 2.45) is 0 Å². The van der Waals surface area contributed by atoms with Crippen LogP contribution in [0.4, 0.5) is 4.79 Å². The van der Waals surface area contributed by atoms with E-state index in [1.807, 2.05) is 42.4 Å². The summed E-state index contributed by atoms with van der Waals surface area (Å²) in [6.07, 6.45) is 3.57. The van der Waals surface area contributed by atoms with Crippen molar-refractivity contribution in [2.45, 2.75) is 59.0 Å². The lowest BCUT2D eigenvalue weighted by Crippen LogP contribution is -2.42. The van der Waals surface area contributed by atoms with Crippen molar-refractivity contribution in [1.29, 1.82) is 0 Å². The van der Waals surface area contributed by atoms with Crippen LogP contribution in [0.1, 0.15) is 56.4 Å². The maximum atomic E-state index is 12.6. The summed E-state index contributed by atoms with van der Waals surface area (Å²) in [5.74, 6) is 0.196. The number of aryl methyl sites for hydroxylation is 2. The SMILES string of the molecule is Cc1cccc(-c2nn3c(C4CCCN(C(=O)OC(C)(C)C)C4)ccnc3c2C)c1. The number of carbonyl (C=O) groups is 1. The fourth-order valence-corrected chi connectivity index (χ4v) is 4.16. The minimum Gasteiger partial charge on any atom is -0.444 e. The highest BCUT2D eigenvalue weighted by atomic mass is 16.6. The Bertz CT molecular complexity index is 1080. The third kappa shape index (κ3) is 4.04. The van der Waals surface area contributed by atoms with Gasteiger partial charge in [0.2, 0.25) is 0 Å². The number of amides is 1. The molecule has 1 fully saturated rings. The second-order valence-electron chi connectivity index (χ2n) is 9.21. The Morgan fingerprint density at radius 3 is 2.73 bits per heavy atom. The quantitative estimate of drug-likeness (QED) is 0.592. The molecule has 1 aromatic carbocycles. The van der Waals surface area contributed by atoms with Gasteiger partial charge in [-0.05, 0) is 59.6 Å². The molecule has 1 atom stereocenters. The van der Waals surface area contributed by atoms with Crippen LogP contribution in [-0.2, 0) is 4.74 Å². The van der Waals surface area contributed by atoms with Crippen molar-refractivity contribution in [3.63, 3.8) is 0 Å². The Balaban J connectivity index is 1.67. The highest BCUT2D eigenvalue weighted by Crippen LogP contribution is 2.31. The Labute approximate surface area is 177 Å². The molecule has 2 aromatic heterocycles. The number of rotatable bonds is 2. The molecule has 1 aliphatic rings. The Kier molecular flexibility index (Phi) is 5.26. The molecule has 3 heterocycles. The van der Waals surface area contributed by atoms with Crippen molar-refractivity contribution < 1.29 is 9.53 Å². The van der Waals surface area contributed by atoms with Crippen molar-refractivity contribution in [3.8, 4) is 11.3 Å². The first kappa shape index (κ1) is 20.4. The van der Waals surface area contributed by atoms with E-state index in [-0.39, 0.29) is 12.0 Å². The molecular formula is C24H30N4O2. The summed E-state index contributed by atoms with van der Waals surface area (Å²) in [6, 6.07) is 10.4. The van der Waals surface area contributed by atoms with Gasteiger partial charge in [-0.15, -0.1) is 0 Å². The van der Waals surface area contributed by atoms with Gasteiger partial charge in [-0.1, -0.05) is 23.8 Å². The monoisotopic (exact) mass is 406 g/mol. The van der Waals surface area contributed by atoms with Gasteiger partial charge in [0.05, 0.1) is 11.4 Å². The van der Waals surface area contributed by atoms with Gasteiger partial charge in [-0.25, -0.2) is 14.3 Å². The number of fused-ring (bicyclic) bond motifs is 1. The van der Waals surface area contributed by atoms with E-state index < -0.39 is 5.60 Å². The molecule has 0 saturated carbocycles. The van der Waals surface area contributed by atoms with E-state index in [1.54, 1.807) is 0 Å². The number of hydrogen-bond acceptors (Lipinski definition) is 4. The van der Waals surface area contributed by atoms with Gasteiger partial charge in [-0.2, -0.15) is 5.10 Å². The molecule has 0 N–H and O–H groups in total. The minimum atomic E-state index is -0.490. The van der Waals surface area contributed by atoms with E-state index in [2.05, 4.69) is 43.1 Å². The molecule has 0 radical (unpaired) electrons. The largest absolute Gasteiger partial charge is 0.444 e. The number of benzene rings is 1. The van der Waals surface area contributed by atoms with Gasteiger partial charge < -0.3 is 9.64 Å². The Morgan fingerprint density at radius 2 is 2.00 bits per heavy atom. The molecule has 4 rings (SSSR count). The number of ether oxygens (including phenoxy) is 1. The van der Waals surface area contributed by atoms with Crippen LogP contribution in [-0.4, -0.2) is 44.3 Å². The summed E-state index contributed by atoms with van der Waals surface area (Å²) >= 11 is 0. The summed E-state index contributed by atoms with van der Waals surface area (Å²) in [5.41, 5.74) is 5.81. The summed E-state index contributed by atoms with van der Waals surface area (Å²) in [5, 5.41) is 4.95. The number of carbonyl (C=O) groups excluding carboxylic acids is 1. The molecule has 1 saturated heterocycles. The fourth-order valence-electron chi connectivity index (χ4n) is 4.16. The summed E-state index contributed by atoms with van der Waals surface area (Å²) < 4.78 is 7.56. The maximum absolute atomic E-state index is 12.6. The molecule has 30 heavy (non-hydrogen) atoms. The molecule has 3 aromatic rings. The lowest BCUT2D eigenvalue weighted by atomic mass is 9.94. The third-order valence-corrected chi connectivity index (χ3v) is 5.56. The van der Waals surface area contributed by atoms with Gasteiger partial charge in [0.25, 0.3) is 0 Å². The van der Waals surface area contributed by atoms with Crippen LogP contribution in [0.25, 0.3) is 16.9 Å². The van der Waals surface area contributed by atoms with Gasteiger partial charge in [-0.3, -0.25) is 0 Å². The zero-order chi connectivity index (χ0) is 21.5. The third-order valence-electron chi connectivity index (χ3n) is 5.56. The molecular weight excluding hydrogens is 376 g/mol. The Morgan fingerprint density at radius 1 is 1.20 bits per heavy atom. The van der Waals surface area contributed by atoms with Crippen LogP contribution in [0, 0.1) is 13.8 Å². The van der Waals surface area contributed by atoms with E-state index in [0.29, 0.717) is 6.54 Å². The lowest BCUT2D eigenvalue weighted by Gasteiger charge is -2.34. The molecule has 158 valence electrons. The zero-order valence-corrected chi connectivity index (χ0v) is 18.5. The summed E-state index contributed by atoms with van der Waals surface area (Å²) in [7, 11) is 0. The van der Waals surface area contributed by atoms with Gasteiger partial charge >= 0.3 is 6.09 Å². The van der Waals surface area contributed by atoms with Crippen LogP contribution in [0.2, 0.25) is 0 Å². The van der Waals surface area contributed by atoms with E-state index in [4.69, 9.17) is 9.84 Å². The van der Waals surface area contributed by atoms with Gasteiger partial charge in [0.15, 0.2) is 5.65 Å². The lowest BCUT2D eigenvalue weighted by molar-refractivity contribution is 0.0196. The summed E-state index contributed by atoms with van der Waals surface area (Å²) in [4.78, 5) is 19.0. The smallest absolute Gasteiger partial charge is 0.410 e. The predicted molar refractivity (Wildman–Crippen MR) is 118 cm³/mol. The molecule has 6 nitrogen and oxygen atoms in total. The molecule has 0 spiro atoms. The van der Waals surface area contributed by atoms with Gasteiger partial charge in [0, 0.05) is 36.3 Å². The van der Waals surface area contributed by atoms with Crippen molar-refractivity contribution in [3.05, 3.63) is 53.3 Å². The number of likely N-dealkylation sites (tertiary alicyclic amines) is 1. The predicted octanol–water partition coefficient (Wildman–Crippen LogP) is 5.13. The average Bonchev–Trinajstić information content (AvgIpc) is 3.04. The number of hydrogen-bond donors (Lipinski definition) is 0. The first-order chi connectivity index (χ1) is 14.2. The highest BCUT2D eigenvalue weighted by Gasteiger charge is 2.30. The minimum absolute atomic E-state index is 0.196. The molecule has 1 aliphatic heterocycles. The molecule has 0 aliphatic carbocycles. The fraction of sp³-hybridized carbons (Fsp3) is 0.458. The van der Waals surface area contributed by atoms with Crippen LogP contribution in [0.15, 0.2) is 36.5 Å². The first-order valence-electron chi connectivity index (χ1n) is 10.6. The number of piperidine rings is 1. The normalized spacial score (nSPS) is 17.4. The van der Waals surface area contributed by atoms with Crippen LogP contribution >= 0.6 is 0 Å². The topological polar surface area (TPSA) is 59.7 Å². The van der Waals surface area contributed by atoms with Crippen molar-refractivity contribution in [2.75, 3.05) is 13.1 Å². The van der Waals surface area contributed by atoms with Crippen LogP contribution in [0.5, 0.6) is 0 Å². The second-order valence-corrected chi connectivity index (χ2v) is 9.21. The molecule has 1 unspecified atom stereocenters. The van der Waals surface area contributed by atoms with Crippen molar-refractivity contribution >= 4 is 11.7 Å².